The van der Waals surface area contributed by atoms with Crippen molar-refractivity contribution in [2.75, 3.05) is 4.90 Å². The normalized spacial score (nSPS) is 11.2. The van der Waals surface area contributed by atoms with Gasteiger partial charge in [-0.1, -0.05) is 71.2 Å². The summed E-state index contributed by atoms with van der Waals surface area (Å²) in [6, 6.07) is 39.3. The van der Waals surface area contributed by atoms with Gasteiger partial charge in [-0.05, 0) is 91.8 Å². The summed E-state index contributed by atoms with van der Waals surface area (Å²) >= 11 is 0. The third-order valence-corrected chi connectivity index (χ3v) is 8.42. The topological polar surface area (TPSA) is 68.4 Å². The van der Waals surface area contributed by atoms with Crippen LogP contribution in [0.25, 0.3) is 38.8 Å². The van der Waals surface area contributed by atoms with Gasteiger partial charge in [0.25, 0.3) is 0 Å². The van der Waals surface area contributed by atoms with Gasteiger partial charge >= 0.3 is 21.1 Å². The summed E-state index contributed by atoms with van der Waals surface area (Å²) in [4.78, 5) is 11.6. The van der Waals surface area contributed by atoms with E-state index in [0.29, 0.717) is 17.1 Å². The largest absolute Gasteiger partial charge is 2.00 e. The van der Waals surface area contributed by atoms with Crippen LogP contribution in [0.5, 0.6) is 11.5 Å². The summed E-state index contributed by atoms with van der Waals surface area (Å²) < 4.78 is 8.54. The molecule has 0 spiro atoms. The van der Waals surface area contributed by atoms with Crippen LogP contribution in [0.2, 0.25) is 0 Å². The summed E-state index contributed by atoms with van der Waals surface area (Å²) in [5.41, 5.74) is 9.94. The molecule has 0 saturated carbocycles. The third kappa shape index (κ3) is 5.40. The minimum atomic E-state index is 0. The molecule has 0 radical (unpaired) electrons. The van der Waals surface area contributed by atoms with Crippen molar-refractivity contribution in [1.82, 2.24) is 24.6 Å². The number of aryl methyl sites for hydroxylation is 4. The molecule has 0 amide bonds. The summed E-state index contributed by atoms with van der Waals surface area (Å²) in [5.74, 6) is 2.55. The van der Waals surface area contributed by atoms with E-state index < -0.39 is 0 Å². The fraction of sp³-hybridized carbons (Fsp3) is 0.100. The van der Waals surface area contributed by atoms with Gasteiger partial charge in [-0.2, -0.15) is 11.2 Å². The molecule has 7 nitrogen and oxygen atoms in total. The zero-order chi connectivity index (χ0) is 32.1. The number of pyridine rings is 3. The zero-order valence-corrected chi connectivity index (χ0v) is 29.1. The fourth-order valence-corrected chi connectivity index (χ4v) is 6.52. The van der Waals surface area contributed by atoms with E-state index in [4.69, 9.17) is 19.9 Å². The summed E-state index contributed by atoms with van der Waals surface area (Å²) in [6.07, 6.45) is 3.50. The molecule has 0 atom stereocenters. The molecule has 4 aromatic heterocycles. The minimum Gasteiger partial charge on any atom is -0.501 e. The van der Waals surface area contributed by atoms with E-state index in [2.05, 4.69) is 79.5 Å². The quantitative estimate of drug-likeness (QED) is 0.123. The van der Waals surface area contributed by atoms with Crippen molar-refractivity contribution in [3.05, 3.63) is 144 Å². The number of ether oxygens (including phenoxy) is 1. The molecule has 0 aliphatic carbocycles. The molecule has 48 heavy (non-hydrogen) atoms. The van der Waals surface area contributed by atoms with E-state index in [1.54, 1.807) is 12.4 Å². The first kappa shape index (κ1) is 31.2. The number of rotatable bonds is 6. The number of fused-ring (bicyclic) bond motifs is 6. The van der Waals surface area contributed by atoms with Gasteiger partial charge in [0.2, 0.25) is 0 Å². The van der Waals surface area contributed by atoms with Gasteiger partial charge in [-0.25, -0.2) is 4.98 Å². The molecule has 0 unspecified atom stereocenters. The van der Waals surface area contributed by atoms with Crippen LogP contribution in [0.1, 0.15) is 22.3 Å². The molecule has 4 aromatic carbocycles. The number of aromatic nitrogens is 5. The van der Waals surface area contributed by atoms with E-state index in [1.807, 2.05) is 71.6 Å². The molecule has 4 heterocycles. The molecule has 0 aliphatic rings. The average molecular weight is 806 g/mol. The van der Waals surface area contributed by atoms with Crippen LogP contribution in [-0.4, -0.2) is 24.6 Å². The van der Waals surface area contributed by atoms with Crippen LogP contribution in [0, 0.1) is 39.8 Å². The number of anilines is 3. The number of benzene rings is 4. The molecule has 0 bridgehead atoms. The van der Waals surface area contributed by atoms with Gasteiger partial charge in [-0.15, -0.1) is 23.3 Å². The van der Waals surface area contributed by atoms with Gasteiger partial charge in [0, 0.05) is 28.7 Å². The Balaban J connectivity index is 0.00000364. The van der Waals surface area contributed by atoms with E-state index >= 15 is 0 Å². The van der Waals surface area contributed by atoms with Crippen LogP contribution in [-0.2, 0) is 21.1 Å². The molecule has 0 N–H and O–H groups in total. The van der Waals surface area contributed by atoms with Crippen molar-refractivity contribution in [1.29, 1.82) is 0 Å². The Bertz CT molecular complexity index is 2380. The van der Waals surface area contributed by atoms with Gasteiger partial charge < -0.3 is 19.0 Å². The van der Waals surface area contributed by atoms with E-state index in [0.717, 1.165) is 67.1 Å². The first-order valence-electron chi connectivity index (χ1n) is 15.5. The van der Waals surface area contributed by atoms with Crippen LogP contribution >= 0.6 is 0 Å². The smallest absolute Gasteiger partial charge is 0.501 e. The molecule has 236 valence electrons. The molecule has 0 fully saturated rings. The van der Waals surface area contributed by atoms with Crippen molar-refractivity contribution in [2.24, 2.45) is 0 Å². The standard InChI is InChI=1S/C40H30N6O.Pt/c1-25-20-27(3)36(28(4)21-25)40-44-43-39-33-23-32(24-42-38(33)37-26(2)12-10-17-34(37)46(39)40)47-31-16-11-15-30(22-31)45(29-13-6-5-7-14-29)35-18-8-9-19-41-35;/h5-21,24H,1-4H3;/q-2;+2. The second-order valence-corrected chi connectivity index (χ2v) is 11.8. The molecule has 8 heteroatoms. The Morgan fingerprint density at radius 2 is 1.48 bits per heavy atom. The number of hydrogen-bond acceptors (Lipinski definition) is 6. The van der Waals surface area contributed by atoms with Gasteiger partial charge in [0.05, 0.1) is 11.4 Å². The van der Waals surface area contributed by atoms with Crippen molar-refractivity contribution >= 4 is 44.6 Å². The van der Waals surface area contributed by atoms with E-state index in [9.17, 15) is 0 Å². The predicted octanol–water partition coefficient (Wildman–Crippen LogP) is 9.59. The Morgan fingerprint density at radius 1 is 0.708 bits per heavy atom. The molecule has 0 aliphatic heterocycles. The third-order valence-electron chi connectivity index (χ3n) is 8.42. The number of para-hydroxylation sites is 1. The molecular formula is C40H30N6OPt. The number of nitrogens with zero attached hydrogens (tertiary/aromatic N) is 6. The first-order valence-corrected chi connectivity index (χ1v) is 15.5. The monoisotopic (exact) mass is 805 g/mol. The SMILES string of the molecule is Cc1cc(C)c(-c2nnc3c4[c-]c(Oc5[c-]c(N(c6ccccc6)c6ccccn6)ccc5)cnc4c4c(C)cccc4n23)c(C)c1.[Pt+2]. The van der Waals surface area contributed by atoms with Crippen molar-refractivity contribution in [3.8, 4) is 22.9 Å². The second-order valence-electron chi connectivity index (χ2n) is 11.8. The zero-order valence-electron chi connectivity index (χ0n) is 26.8. The van der Waals surface area contributed by atoms with E-state index in [-0.39, 0.29) is 21.1 Å². The Morgan fingerprint density at radius 3 is 2.25 bits per heavy atom. The van der Waals surface area contributed by atoms with Crippen LogP contribution in [0.15, 0.2) is 109 Å². The van der Waals surface area contributed by atoms with Gasteiger partial charge in [-0.3, -0.25) is 0 Å². The molecular weight excluding hydrogens is 776 g/mol. The molecule has 0 saturated heterocycles. The van der Waals surface area contributed by atoms with Crippen LogP contribution in [0.4, 0.5) is 17.2 Å². The van der Waals surface area contributed by atoms with Crippen LogP contribution < -0.4 is 9.64 Å². The Hall–Kier alpha value is -5.39. The number of hydrogen-bond donors (Lipinski definition) is 0. The summed E-state index contributed by atoms with van der Waals surface area (Å²) in [6.45, 7) is 8.47. The summed E-state index contributed by atoms with van der Waals surface area (Å²) in [7, 11) is 0. The average Bonchev–Trinajstić information content (AvgIpc) is 3.51. The predicted molar refractivity (Wildman–Crippen MR) is 187 cm³/mol. The fourth-order valence-electron chi connectivity index (χ4n) is 6.52. The van der Waals surface area contributed by atoms with Gasteiger partial charge in [0.1, 0.15) is 5.82 Å². The second kappa shape index (κ2) is 12.7. The summed E-state index contributed by atoms with van der Waals surface area (Å²) in [5, 5.41) is 11.2. The molecule has 8 aromatic rings. The maximum atomic E-state index is 6.40. The minimum absolute atomic E-state index is 0. The Labute approximate surface area is 293 Å². The van der Waals surface area contributed by atoms with Gasteiger partial charge in [0.15, 0.2) is 5.82 Å². The van der Waals surface area contributed by atoms with Crippen molar-refractivity contribution in [3.63, 3.8) is 0 Å². The van der Waals surface area contributed by atoms with Crippen molar-refractivity contribution in [2.45, 2.75) is 27.7 Å². The van der Waals surface area contributed by atoms with Crippen molar-refractivity contribution < 1.29 is 25.8 Å². The first-order chi connectivity index (χ1) is 23.0. The Kier molecular flexibility index (Phi) is 8.24. The molecule has 8 rings (SSSR count). The van der Waals surface area contributed by atoms with Crippen LogP contribution in [0.3, 0.4) is 0 Å². The maximum Gasteiger partial charge on any atom is 2.00 e. The van der Waals surface area contributed by atoms with E-state index in [1.165, 1.54) is 5.56 Å². The maximum absolute atomic E-state index is 6.40.